The molecule has 0 heterocycles. The van der Waals surface area contributed by atoms with Crippen molar-refractivity contribution in [1.82, 2.24) is 5.32 Å². The zero-order valence-electron chi connectivity index (χ0n) is 12.5. The van der Waals surface area contributed by atoms with Gasteiger partial charge in [0.05, 0.1) is 6.42 Å². The summed E-state index contributed by atoms with van der Waals surface area (Å²) < 4.78 is 0. The molecule has 0 radical (unpaired) electrons. The highest BCUT2D eigenvalue weighted by molar-refractivity contribution is 6.35. The SMILES string of the molecule is C[C@H](CCc1ccccc1)NC(=O)Cc1ccc(Cl)cc1Cl. The Bertz CT molecular complexity index is 628. The van der Waals surface area contributed by atoms with Gasteiger partial charge in [-0.15, -0.1) is 0 Å². The van der Waals surface area contributed by atoms with Gasteiger partial charge in [0, 0.05) is 16.1 Å². The third-order valence-corrected chi connectivity index (χ3v) is 4.07. The van der Waals surface area contributed by atoms with Crippen LogP contribution in [-0.2, 0) is 17.6 Å². The molecule has 2 nitrogen and oxygen atoms in total. The van der Waals surface area contributed by atoms with E-state index in [1.807, 2.05) is 25.1 Å². The first-order chi connectivity index (χ1) is 10.5. The molecule has 0 bridgehead atoms. The Kier molecular flexibility index (Phi) is 6.29. The monoisotopic (exact) mass is 335 g/mol. The number of nitrogens with one attached hydrogen (secondary N) is 1. The lowest BCUT2D eigenvalue weighted by Crippen LogP contribution is -2.34. The van der Waals surface area contributed by atoms with Crippen LogP contribution in [0.1, 0.15) is 24.5 Å². The van der Waals surface area contributed by atoms with Gasteiger partial charge in [0.1, 0.15) is 0 Å². The molecular weight excluding hydrogens is 317 g/mol. The van der Waals surface area contributed by atoms with E-state index >= 15 is 0 Å². The fourth-order valence-electron chi connectivity index (χ4n) is 2.26. The first-order valence-electron chi connectivity index (χ1n) is 7.32. The van der Waals surface area contributed by atoms with Crippen molar-refractivity contribution < 1.29 is 4.79 Å². The third kappa shape index (κ3) is 5.36. The molecule has 1 atom stereocenters. The van der Waals surface area contributed by atoms with Gasteiger partial charge in [-0.05, 0) is 43.0 Å². The number of hydrogen-bond acceptors (Lipinski definition) is 1. The van der Waals surface area contributed by atoms with Gasteiger partial charge >= 0.3 is 0 Å². The summed E-state index contributed by atoms with van der Waals surface area (Å²) in [4.78, 5) is 12.1. The first-order valence-corrected chi connectivity index (χ1v) is 8.07. The van der Waals surface area contributed by atoms with Gasteiger partial charge in [-0.2, -0.15) is 0 Å². The zero-order chi connectivity index (χ0) is 15.9. The molecule has 0 fully saturated rings. The van der Waals surface area contributed by atoms with E-state index in [1.54, 1.807) is 18.2 Å². The minimum atomic E-state index is -0.0233. The highest BCUT2D eigenvalue weighted by Gasteiger charge is 2.10. The summed E-state index contributed by atoms with van der Waals surface area (Å²) in [5.41, 5.74) is 2.07. The molecule has 4 heteroatoms. The van der Waals surface area contributed by atoms with Crippen LogP contribution >= 0.6 is 23.2 Å². The Morgan fingerprint density at radius 3 is 2.55 bits per heavy atom. The molecule has 2 rings (SSSR count). The normalized spacial score (nSPS) is 12.0. The van der Waals surface area contributed by atoms with Crippen LogP contribution in [0, 0.1) is 0 Å². The van der Waals surface area contributed by atoms with Gasteiger partial charge in [-0.25, -0.2) is 0 Å². The number of amides is 1. The molecule has 0 aliphatic carbocycles. The van der Waals surface area contributed by atoms with Crippen LogP contribution in [0.4, 0.5) is 0 Å². The maximum Gasteiger partial charge on any atom is 0.224 e. The minimum Gasteiger partial charge on any atom is -0.353 e. The summed E-state index contributed by atoms with van der Waals surface area (Å²) in [6.07, 6.45) is 2.12. The molecule has 22 heavy (non-hydrogen) atoms. The molecule has 0 unspecified atom stereocenters. The van der Waals surface area contributed by atoms with E-state index in [-0.39, 0.29) is 18.4 Å². The molecule has 0 saturated heterocycles. The van der Waals surface area contributed by atoms with Crippen molar-refractivity contribution in [3.05, 3.63) is 69.7 Å². The number of rotatable bonds is 6. The molecule has 2 aromatic rings. The van der Waals surface area contributed by atoms with Crippen LogP contribution in [-0.4, -0.2) is 11.9 Å². The van der Waals surface area contributed by atoms with Crippen LogP contribution in [0.15, 0.2) is 48.5 Å². The summed E-state index contributed by atoms with van der Waals surface area (Å²) in [5.74, 6) is -0.0233. The molecular formula is C18H19Cl2NO. The fourth-order valence-corrected chi connectivity index (χ4v) is 2.74. The summed E-state index contributed by atoms with van der Waals surface area (Å²) in [7, 11) is 0. The van der Waals surface area contributed by atoms with Crippen LogP contribution in [0.3, 0.4) is 0 Å². The predicted molar refractivity (Wildman–Crippen MR) is 92.5 cm³/mol. The van der Waals surface area contributed by atoms with Crippen LogP contribution in [0.5, 0.6) is 0 Å². The van der Waals surface area contributed by atoms with Crippen molar-refractivity contribution in [2.45, 2.75) is 32.2 Å². The quantitative estimate of drug-likeness (QED) is 0.816. The zero-order valence-corrected chi connectivity index (χ0v) is 14.0. The number of carbonyl (C=O) groups is 1. The van der Waals surface area contributed by atoms with Crippen molar-refractivity contribution in [3.8, 4) is 0 Å². The second-order valence-electron chi connectivity index (χ2n) is 5.41. The molecule has 1 N–H and O–H groups in total. The van der Waals surface area contributed by atoms with Gasteiger partial charge in [-0.3, -0.25) is 4.79 Å². The van der Waals surface area contributed by atoms with E-state index < -0.39 is 0 Å². The Balaban J connectivity index is 1.81. The molecule has 1 amide bonds. The second-order valence-corrected chi connectivity index (χ2v) is 6.25. The van der Waals surface area contributed by atoms with Crippen LogP contribution in [0.2, 0.25) is 10.0 Å². The summed E-state index contributed by atoms with van der Waals surface area (Å²) in [6.45, 7) is 2.02. The van der Waals surface area contributed by atoms with E-state index in [2.05, 4.69) is 17.4 Å². The lowest BCUT2D eigenvalue weighted by atomic mass is 10.1. The smallest absolute Gasteiger partial charge is 0.224 e. The number of carbonyl (C=O) groups excluding carboxylic acids is 1. The van der Waals surface area contributed by atoms with Crippen molar-refractivity contribution in [3.63, 3.8) is 0 Å². The van der Waals surface area contributed by atoms with E-state index in [0.29, 0.717) is 10.0 Å². The molecule has 0 aliphatic rings. The minimum absolute atomic E-state index is 0.0233. The van der Waals surface area contributed by atoms with Gasteiger partial charge in [0.15, 0.2) is 0 Å². The van der Waals surface area contributed by atoms with Gasteiger partial charge in [0.25, 0.3) is 0 Å². The molecule has 0 aromatic heterocycles. The highest BCUT2D eigenvalue weighted by Crippen LogP contribution is 2.21. The number of aryl methyl sites for hydroxylation is 1. The number of halogens is 2. The summed E-state index contributed by atoms with van der Waals surface area (Å²) >= 11 is 11.9. The standard InChI is InChI=1S/C18H19Cl2NO/c1-13(7-8-14-5-3-2-4-6-14)21-18(22)11-15-9-10-16(19)12-17(15)20/h2-6,9-10,12-13H,7-8,11H2,1H3,(H,21,22)/t13-/m1/s1. The molecule has 2 aromatic carbocycles. The van der Waals surface area contributed by atoms with Gasteiger partial charge < -0.3 is 5.32 Å². The van der Waals surface area contributed by atoms with Crippen LogP contribution in [0.25, 0.3) is 0 Å². The van der Waals surface area contributed by atoms with E-state index in [1.165, 1.54) is 5.56 Å². The lowest BCUT2D eigenvalue weighted by molar-refractivity contribution is -0.121. The third-order valence-electron chi connectivity index (χ3n) is 3.48. The molecule has 0 aliphatic heterocycles. The topological polar surface area (TPSA) is 29.1 Å². The van der Waals surface area contributed by atoms with Crippen molar-refractivity contribution in [2.75, 3.05) is 0 Å². The van der Waals surface area contributed by atoms with E-state index in [4.69, 9.17) is 23.2 Å². The van der Waals surface area contributed by atoms with Gasteiger partial charge in [-0.1, -0.05) is 59.6 Å². The molecule has 0 spiro atoms. The second kappa shape index (κ2) is 8.21. The maximum absolute atomic E-state index is 12.1. The first kappa shape index (κ1) is 16.9. The number of benzene rings is 2. The predicted octanol–water partition coefficient (Wildman–Crippen LogP) is 4.67. The summed E-state index contributed by atoms with van der Waals surface area (Å²) in [6, 6.07) is 15.6. The average Bonchev–Trinajstić information content (AvgIpc) is 2.49. The molecule has 0 saturated carbocycles. The Morgan fingerprint density at radius 1 is 1.14 bits per heavy atom. The summed E-state index contributed by atoms with van der Waals surface area (Å²) in [5, 5.41) is 4.11. The Morgan fingerprint density at radius 2 is 1.86 bits per heavy atom. The largest absolute Gasteiger partial charge is 0.353 e. The van der Waals surface area contributed by atoms with E-state index in [9.17, 15) is 4.79 Å². The fraction of sp³-hybridized carbons (Fsp3) is 0.278. The Hall–Kier alpha value is -1.51. The van der Waals surface area contributed by atoms with Crippen LogP contribution < -0.4 is 5.32 Å². The van der Waals surface area contributed by atoms with E-state index in [0.717, 1.165) is 18.4 Å². The Labute approximate surface area is 141 Å². The van der Waals surface area contributed by atoms with Crippen molar-refractivity contribution in [2.24, 2.45) is 0 Å². The maximum atomic E-state index is 12.1. The van der Waals surface area contributed by atoms with Gasteiger partial charge in [0.2, 0.25) is 5.91 Å². The lowest BCUT2D eigenvalue weighted by Gasteiger charge is -2.14. The van der Waals surface area contributed by atoms with Crippen molar-refractivity contribution in [1.29, 1.82) is 0 Å². The molecule has 116 valence electrons. The highest BCUT2D eigenvalue weighted by atomic mass is 35.5. The van der Waals surface area contributed by atoms with Crippen molar-refractivity contribution >= 4 is 29.1 Å². The average molecular weight is 336 g/mol. The number of hydrogen-bond donors (Lipinski definition) is 1.